The first-order chi connectivity index (χ1) is 9.69. The van der Waals surface area contributed by atoms with Gasteiger partial charge in [-0.2, -0.15) is 11.8 Å². The molecule has 0 aromatic heterocycles. The zero-order valence-electron chi connectivity index (χ0n) is 13.6. The van der Waals surface area contributed by atoms with Crippen molar-refractivity contribution in [1.29, 1.82) is 0 Å². The lowest BCUT2D eigenvalue weighted by atomic mass is 10.2. The molecule has 1 unspecified atom stereocenters. The molecule has 0 radical (unpaired) electrons. The second-order valence-electron chi connectivity index (χ2n) is 6.40. The number of carbonyl (C=O) groups excluding carboxylic acids is 2. The largest absolute Gasteiger partial charge is 0.444 e. The Morgan fingerprint density at radius 1 is 1.48 bits per heavy atom. The quantitative estimate of drug-likeness (QED) is 0.839. The fraction of sp³-hybridized carbons (Fsp3) is 0.857. The third-order valence-electron chi connectivity index (χ3n) is 2.91. The number of alkyl carbamates (subject to hydrolysis) is 1. The third-order valence-corrected chi connectivity index (χ3v) is 3.95. The Bertz CT molecular complexity index is 369. The molecule has 1 saturated heterocycles. The Hall–Kier alpha value is -0.950. The summed E-state index contributed by atoms with van der Waals surface area (Å²) in [4.78, 5) is 28.2. The molecule has 1 aliphatic rings. The number of likely N-dealkylation sites (N-methyl/N-ethyl adjacent to an activating group) is 1. The molecule has 1 rings (SSSR count). The second-order valence-corrected chi connectivity index (χ2v) is 7.55. The van der Waals surface area contributed by atoms with Gasteiger partial charge in [0.15, 0.2) is 0 Å². The van der Waals surface area contributed by atoms with Crippen molar-refractivity contribution in [2.75, 3.05) is 45.2 Å². The molecule has 0 aliphatic carbocycles. The van der Waals surface area contributed by atoms with Crippen molar-refractivity contribution < 1.29 is 14.3 Å². The van der Waals surface area contributed by atoms with Crippen LogP contribution in [0.5, 0.6) is 0 Å². The number of hydrogen-bond donors (Lipinski definition) is 1. The van der Waals surface area contributed by atoms with Gasteiger partial charge in [0.1, 0.15) is 11.6 Å². The Labute approximate surface area is 131 Å². The average Bonchev–Trinajstić information content (AvgIpc) is 2.48. The van der Waals surface area contributed by atoms with Crippen molar-refractivity contribution in [2.24, 2.45) is 0 Å². The van der Waals surface area contributed by atoms with Gasteiger partial charge in [-0.15, -0.1) is 0 Å². The maximum Gasteiger partial charge on any atom is 0.408 e. The van der Waals surface area contributed by atoms with E-state index >= 15 is 0 Å². The van der Waals surface area contributed by atoms with Gasteiger partial charge in [0, 0.05) is 31.1 Å². The molecule has 0 bridgehead atoms. The van der Waals surface area contributed by atoms with Gasteiger partial charge in [0.05, 0.1) is 0 Å². The van der Waals surface area contributed by atoms with Crippen LogP contribution in [0.1, 0.15) is 20.8 Å². The maximum atomic E-state index is 12.5. The summed E-state index contributed by atoms with van der Waals surface area (Å²) >= 11 is 1.68. The van der Waals surface area contributed by atoms with Crippen molar-refractivity contribution in [3.63, 3.8) is 0 Å². The molecule has 1 N–H and O–H groups in total. The molecule has 21 heavy (non-hydrogen) atoms. The smallest absolute Gasteiger partial charge is 0.408 e. The van der Waals surface area contributed by atoms with Crippen LogP contribution in [-0.4, -0.2) is 78.7 Å². The van der Waals surface area contributed by atoms with Crippen LogP contribution in [0, 0.1) is 0 Å². The van der Waals surface area contributed by atoms with Crippen LogP contribution >= 0.6 is 11.8 Å². The SMILES string of the molecule is CN(C)CCN1CCSCC(NC(=O)OC(C)(C)C)C1=O. The summed E-state index contributed by atoms with van der Waals surface area (Å²) < 4.78 is 5.22. The fourth-order valence-corrected chi connectivity index (χ4v) is 2.85. The Kier molecular flexibility index (Phi) is 6.80. The van der Waals surface area contributed by atoms with Crippen LogP contribution in [0.15, 0.2) is 0 Å². The molecule has 0 aromatic rings. The number of carbonyl (C=O) groups is 2. The van der Waals surface area contributed by atoms with Gasteiger partial charge < -0.3 is 19.9 Å². The minimum Gasteiger partial charge on any atom is -0.444 e. The van der Waals surface area contributed by atoms with Gasteiger partial charge in [-0.3, -0.25) is 4.79 Å². The van der Waals surface area contributed by atoms with E-state index in [1.54, 1.807) is 32.5 Å². The maximum absolute atomic E-state index is 12.5. The van der Waals surface area contributed by atoms with E-state index in [0.717, 1.165) is 18.8 Å². The molecule has 2 amide bonds. The molecular formula is C14H27N3O3S. The van der Waals surface area contributed by atoms with Gasteiger partial charge in [0.25, 0.3) is 0 Å². The minimum atomic E-state index is -0.560. The average molecular weight is 317 g/mol. The first-order valence-electron chi connectivity index (χ1n) is 7.20. The van der Waals surface area contributed by atoms with Crippen LogP contribution in [0.2, 0.25) is 0 Å². The number of thioether (sulfide) groups is 1. The van der Waals surface area contributed by atoms with Gasteiger partial charge in [-0.05, 0) is 34.9 Å². The van der Waals surface area contributed by atoms with Crippen molar-refractivity contribution in [3.05, 3.63) is 0 Å². The minimum absolute atomic E-state index is 0.0206. The number of rotatable bonds is 4. The highest BCUT2D eigenvalue weighted by Gasteiger charge is 2.29. The summed E-state index contributed by atoms with van der Waals surface area (Å²) in [5.74, 6) is 1.47. The first-order valence-corrected chi connectivity index (χ1v) is 8.35. The zero-order valence-corrected chi connectivity index (χ0v) is 14.5. The van der Waals surface area contributed by atoms with Crippen molar-refractivity contribution >= 4 is 23.8 Å². The van der Waals surface area contributed by atoms with Crippen molar-refractivity contribution in [2.45, 2.75) is 32.4 Å². The van der Waals surface area contributed by atoms with Crippen LogP contribution in [0.4, 0.5) is 4.79 Å². The summed E-state index contributed by atoms with van der Waals surface area (Å²) in [6, 6.07) is -0.505. The second kappa shape index (κ2) is 7.89. The lowest BCUT2D eigenvalue weighted by Crippen LogP contribution is -2.51. The van der Waals surface area contributed by atoms with E-state index < -0.39 is 17.7 Å². The van der Waals surface area contributed by atoms with Gasteiger partial charge >= 0.3 is 6.09 Å². The molecule has 1 aliphatic heterocycles. The molecule has 1 atom stereocenters. The standard InChI is InChI=1S/C14H27N3O3S/c1-14(2,3)20-13(19)15-11-10-21-9-8-17(12(11)18)7-6-16(4)5/h11H,6-10H2,1-5H3,(H,15,19). The highest BCUT2D eigenvalue weighted by Crippen LogP contribution is 2.13. The molecule has 7 heteroatoms. The van der Waals surface area contributed by atoms with E-state index in [4.69, 9.17) is 4.74 Å². The highest BCUT2D eigenvalue weighted by atomic mass is 32.2. The number of amides is 2. The van der Waals surface area contributed by atoms with Gasteiger partial charge in [0.2, 0.25) is 5.91 Å². The predicted octanol–water partition coefficient (Wildman–Crippen LogP) is 1.02. The molecule has 1 heterocycles. The van der Waals surface area contributed by atoms with Crippen LogP contribution < -0.4 is 5.32 Å². The summed E-state index contributed by atoms with van der Waals surface area (Å²) in [6.07, 6.45) is -0.532. The third kappa shape index (κ3) is 7.04. The van der Waals surface area contributed by atoms with Crippen molar-refractivity contribution in [1.82, 2.24) is 15.1 Å². The number of ether oxygens (including phenoxy) is 1. The lowest BCUT2D eigenvalue weighted by Gasteiger charge is -2.27. The zero-order chi connectivity index (χ0) is 16.0. The molecule has 0 aromatic carbocycles. The molecule has 0 saturated carbocycles. The van der Waals surface area contributed by atoms with Gasteiger partial charge in [-0.25, -0.2) is 4.79 Å². The lowest BCUT2D eigenvalue weighted by molar-refractivity contribution is -0.132. The molecular weight excluding hydrogens is 290 g/mol. The molecule has 122 valence electrons. The number of hydrogen-bond acceptors (Lipinski definition) is 5. The summed E-state index contributed by atoms with van der Waals surface area (Å²) in [5, 5.41) is 2.70. The first kappa shape index (κ1) is 18.1. The van der Waals surface area contributed by atoms with Gasteiger partial charge in [-0.1, -0.05) is 0 Å². The van der Waals surface area contributed by atoms with Crippen LogP contribution in [0.3, 0.4) is 0 Å². The summed E-state index contributed by atoms with van der Waals surface area (Å²) in [6.45, 7) is 7.64. The Morgan fingerprint density at radius 3 is 2.71 bits per heavy atom. The summed E-state index contributed by atoms with van der Waals surface area (Å²) in [7, 11) is 3.96. The molecule has 0 spiro atoms. The van der Waals surface area contributed by atoms with E-state index in [0.29, 0.717) is 12.3 Å². The van der Waals surface area contributed by atoms with Crippen LogP contribution in [0.25, 0.3) is 0 Å². The van der Waals surface area contributed by atoms with E-state index in [1.807, 2.05) is 23.9 Å². The normalized spacial score (nSPS) is 20.4. The van der Waals surface area contributed by atoms with E-state index in [9.17, 15) is 9.59 Å². The van der Waals surface area contributed by atoms with E-state index in [2.05, 4.69) is 5.32 Å². The number of nitrogens with one attached hydrogen (secondary N) is 1. The Balaban J connectivity index is 2.59. The van der Waals surface area contributed by atoms with Crippen molar-refractivity contribution in [3.8, 4) is 0 Å². The highest BCUT2D eigenvalue weighted by molar-refractivity contribution is 7.99. The molecule has 6 nitrogen and oxygen atoms in total. The topological polar surface area (TPSA) is 61.9 Å². The fourth-order valence-electron chi connectivity index (χ4n) is 1.87. The van der Waals surface area contributed by atoms with E-state index in [1.165, 1.54) is 0 Å². The summed E-state index contributed by atoms with van der Waals surface area (Å²) in [5.41, 5.74) is -0.560. The molecule has 1 fully saturated rings. The Morgan fingerprint density at radius 2 is 2.14 bits per heavy atom. The monoisotopic (exact) mass is 317 g/mol. The predicted molar refractivity (Wildman–Crippen MR) is 85.6 cm³/mol. The number of nitrogens with zero attached hydrogens (tertiary/aromatic N) is 2. The van der Waals surface area contributed by atoms with Crippen LogP contribution in [-0.2, 0) is 9.53 Å². The van der Waals surface area contributed by atoms with E-state index in [-0.39, 0.29) is 5.91 Å².